The molecular formula is C18H24N4O2. The van der Waals surface area contributed by atoms with Gasteiger partial charge in [-0.25, -0.2) is 4.79 Å². The Morgan fingerprint density at radius 2 is 2.12 bits per heavy atom. The van der Waals surface area contributed by atoms with E-state index in [9.17, 15) is 10.1 Å². The molecule has 0 spiro atoms. The second-order valence-electron chi connectivity index (χ2n) is 7.62. The first kappa shape index (κ1) is 16.4. The summed E-state index contributed by atoms with van der Waals surface area (Å²) in [4.78, 5) is 16.3. The van der Waals surface area contributed by atoms with Gasteiger partial charge in [-0.15, -0.1) is 0 Å². The minimum absolute atomic E-state index is 0.155. The number of likely N-dealkylation sites (N-methyl/N-ethyl adjacent to an activating group) is 1. The van der Waals surface area contributed by atoms with Crippen molar-refractivity contribution >= 4 is 17.5 Å². The number of fused-ring (bicyclic) bond motifs is 3. The second-order valence-corrected chi connectivity index (χ2v) is 7.62. The molecule has 0 aliphatic carbocycles. The van der Waals surface area contributed by atoms with Crippen molar-refractivity contribution < 1.29 is 9.53 Å². The third kappa shape index (κ3) is 2.75. The largest absolute Gasteiger partial charge is 0.444 e. The van der Waals surface area contributed by atoms with E-state index in [0.29, 0.717) is 24.3 Å². The summed E-state index contributed by atoms with van der Waals surface area (Å²) in [6, 6.07) is 6.19. The fourth-order valence-corrected chi connectivity index (χ4v) is 3.81. The number of ether oxygens (including phenoxy) is 1. The number of carbonyl (C=O) groups excluding carboxylic acids is 1. The maximum absolute atomic E-state index is 12.4. The molecule has 0 radical (unpaired) electrons. The van der Waals surface area contributed by atoms with Crippen LogP contribution in [0.5, 0.6) is 0 Å². The molecule has 6 nitrogen and oxygen atoms in total. The quantitative estimate of drug-likeness (QED) is 0.740. The molecule has 0 bridgehead atoms. The summed E-state index contributed by atoms with van der Waals surface area (Å²) in [5.74, 6) is 0.155. The van der Waals surface area contributed by atoms with Crippen LogP contribution in [-0.2, 0) is 4.74 Å². The molecule has 2 aliphatic rings. The van der Waals surface area contributed by atoms with E-state index in [1.54, 1.807) is 11.0 Å². The zero-order valence-corrected chi connectivity index (χ0v) is 14.7. The number of hydrogen-bond donors (Lipinski definition) is 1. The van der Waals surface area contributed by atoms with Crippen LogP contribution < -0.4 is 10.6 Å². The molecule has 1 fully saturated rings. The first-order chi connectivity index (χ1) is 11.2. The molecule has 1 aromatic rings. The summed E-state index contributed by atoms with van der Waals surface area (Å²) in [7, 11) is 2.02. The monoisotopic (exact) mass is 328 g/mol. The molecule has 1 aromatic carbocycles. The molecule has 128 valence electrons. The van der Waals surface area contributed by atoms with E-state index in [1.807, 2.05) is 33.9 Å². The van der Waals surface area contributed by atoms with Gasteiger partial charge in [0.1, 0.15) is 11.7 Å². The Bertz CT molecular complexity index is 717. The topological polar surface area (TPSA) is 82.6 Å². The van der Waals surface area contributed by atoms with Gasteiger partial charge in [-0.1, -0.05) is 0 Å². The number of nitrogens with two attached hydrogens (primary N) is 1. The average molecular weight is 328 g/mol. The normalized spacial score (nSPS) is 22.6. The number of nitrogens with zero attached hydrogens (tertiary/aromatic N) is 3. The Labute approximate surface area is 142 Å². The Morgan fingerprint density at radius 1 is 1.42 bits per heavy atom. The Balaban J connectivity index is 1.90. The van der Waals surface area contributed by atoms with E-state index >= 15 is 0 Å². The number of amides is 1. The highest BCUT2D eigenvalue weighted by Gasteiger charge is 2.43. The lowest BCUT2D eigenvalue weighted by Gasteiger charge is -2.38. The Morgan fingerprint density at radius 3 is 2.75 bits per heavy atom. The molecular weight excluding hydrogens is 304 g/mol. The van der Waals surface area contributed by atoms with Crippen LogP contribution in [0.1, 0.15) is 44.2 Å². The van der Waals surface area contributed by atoms with Gasteiger partial charge in [-0.3, -0.25) is 0 Å². The average Bonchev–Trinajstić information content (AvgIpc) is 2.77. The van der Waals surface area contributed by atoms with Gasteiger partial charge >= 0.3 is 6.09 Å². The van der Waals surface area contributed by atoms with Crippen molar-refractivity contribution in [2.45, 2.75) is 44.8 Å². The lowest BCUT2D eigenvalue weighted by Crippen LogP contribution is -2.48. The highest BCUT2D eigenvalue weighted by Crippen LogP contribution is 2.46. The summed E-state index contributed by atoms with van der Waals surface area (Å²) >= 11 is 0. The number of carbonyl (C=O) groups is 1. The number of rotatable bonds is 0. The Hall–Kier alpha value is -2.42. The van der Waals surface area contributed by atoms with Crippen molar-refractivity contribution in [2.75, 3.05) is 30.8 Å². The Kier molecular flexibility index (Phi) is 3.83. The maximum atomic E-state index is 12.4. The standard InChI is InChI=1S/C18H24N4O2/c1-18(2,3)24-17(23)22-6-5-15-14(10-22)13-8-12(20)7-11(9-19)16(13)21(15)4/h7-8,14-15H,5-6,10,20H2,1-4H3/t14-,15-/m1/s1. The van der Waals surface area contributed by atoms with Crippen LogP contribution in [0.25, 0.3) is 0 Å². The molecule has 0 unspecified atom stereocenters. The van der Waals surface area contributed by atoms with Crippen molar-refractivity contribution in [1.29, 1.82) is 5.26 Å². The molecule has 24 heavy (non-hydrogen) atoms. The highest BCUT2D eigenvalue weighted by atomic mass is 16.6. The predicted molar refractivity (Wildman–Crippen MR) is 92.9 cm³/mol. The van der Waals surface area contributed by atoms with Gasteiger partial charge in [0.25, 0.3) is 0 Å². The van der Waals surface area contributed by atoms with E-state index in [0.717, 1.165) is 17.7 Å². The van der Waals surface area contributed by atoms with Crippen LogP contribution in [0.2, 0.25) is 0 Å². The van der Waals surface area contributed by atoms with Gasteiger partial charge in [0.2, 0.25) is 0 Å². The lowest BCUT2D eigenvalue weighted by molar-refractivity contribution is 0.0190. The lowest BCUT2D eigenvalue weighted by atomic mass is 9.88. The van der Waals surface area contributed by atoms with Gasteiger partial charge in [0, 0.05) is 37.8 Å². The molecule has 2 atom stereocenters. The molecule has 6 heteroatoms. The van der Waals surface area contributed by atoms with Crippen LogP contribution in [0, 0.1) is 11.3 Å². The summed E-state index contributed by atoms with van der Waals surface area (Å²) < 4.78 is 5.51. The van der Waals surface area contributed by atoms with Gasteiger partial charge in [-0.2, -0.15) is 5.26 Å². The number of likely N-dealkylation sites (tertiary alicyclic amines) is 1. The molecule has 1 amide bonds. The second kappa shape index (κ2) is 5.59. The van der Waals surface area contributed by atoms with Crippen LogP contribution in [-0.4, -0.2) is 42.8 Å². The zero-order valence-electron chi connectivity index (χ0n) is 14.7. The fourth-order valence-electron chi connectivity index (χ4n) is 3.81. The smallest absolute Gasteiger partial charge is 0.410 e. The first-order valence-electron chi connectivity index (χ1n) is 8.25. The van der Waals surface area contributed by atoms with E-state index in [4.69, 9.17) is 10.5 Å². The van der Waals surface area contributed by atoms with Crippen molar-refractivity contribution in [1.82, 2.24) is 4.90 Å². The van der Waals surface area contributed by atoms with E-state index < -0.39 is 5.60 Å². The van der Waals surface area contributed by atoms with E-state index in [-0.39, 0.29) is 18.1 Å². The summed E-state index contributed by atoms with van der Waals surface area (Å²) in [5, 5.41) is 9.43. The van der Waals surface area contributed by atoms with Gasteiger partial charge < -0.3 is 20.3 Å². The molecule has 2 N–H and O–H groups in total. The minimum Gasteiger partial charge on any atom is -0.444 e. The molecule has 2 heterocycles. The number of anilines is 2. The van der Waals surface area contributed by atoms with Crippen molar-refractivity contribution in [3.63, 3.8) is 0 Å². The van der Waals surface area contributed by atoms with E-state index in [1.165, 1.54) is 0 Å². The van der Waals surface area contributed by atoms with Crippen molar-refractivity contribution in [2.24, 2.45) is 0 Å². The highest BCUT2D eigenvalue weighted by molar-refractivity contribution is 5.75. The molecule has 0 aromatic heterocycles. The molecule has 3 rings (SSSR count). The third-order valence-electron chi connectivity index (χ3n) is 4.76. The number of hydrogen-bond acceptors (Lipinski definition) is 5. The summed E-state index contributed by atoms with van der Waals surface area (Å²) in [6.45, 7) is 6.86. The number of nitriles is 1. The van der Waals surface area contributed by atoms with Gasteiger partial charge in [0.05, 0.1) is 11.3 Å². The number of piperidine rings is 1. The van der Waals surface area contributed by atoms with Crippen LogP contribution in [0.3, 0.4) is 0 Å². The van der Waals surface area contributed by atoms with Crippen molar-refractivity contribution in [3.8, 4) is 6.07 Å². The van der Waals surface area contributed by atoms with E-state index in [2.05, 4.69) is 11.0 Å². The fraction of sp³-hybridized carbons (Fsp3) is 0.556. The summed E-state index contributed by atoms with van der Waals surface area (Å²) in [6.07, 6.45) is 0.571. The third-order valence-corrected chi connectivity index (χ3v) is 4.76. The SMILES string of the molecule is CN1c2c(C#N)cc(N)cc2[C@H]2CN(C(=O)OC(C)(C)C)CC[C@H]21. The zero-order chi connectivity index (χ0) is 17.6. The first-order valence-corrected chi connectivity index (χ1v) is 8.25. The van der Waals surface area contributed by atoms with Gasteiger partial charge in [-0.05, 0) is 44.9 Å². The predicted octanol–water partition coefficient (Wildman–Crippen LogP) is 2.68. The minimum atomic E-state index is -0.503. The molecule has 2 aliphatic heterocycles. The molecule has 0 saturated carbocycles. The van der Waals surface area contributed by atoms with Crippen LogP contribution in [0.4, 0.5) is 16.2 Å². The van der Waals surface area contributed by atoms with Crippen LogP contribution >= 0.6 is 0 Å². The van der Waals surface area contributed by atoms with Crippen LogP contribution in [0.15, 0.2) is 12.1 Å². The molecule has 1 saturated heterocycles. The van der Waals surface area contributed by atoms with Crippen molar-refractivity contribution in [3.05, 3.63) is 23.3 Å². The number of nitrogen functional groups attached to an aromatic ring is 1. The van der Waals surface area contributed by atoms with Gasteiger partial charge in [0.15, 0.2) is 0 Å². The number of benzene rings is 1. The summed E-state index contributed by atoms with van der Waals surface area (Å²) in [5.41, 5.74) is 8.68. The maximum Gasteiger partial charge on any atom is 0.410 e.